The molecule has 0 radical (unpaired) electrons. The summed E-state index contributed by atoms with van der Waals surface area (Å²) in [5, 5.41) is 4.30. The van der Waals surface area contributed by atoms with E-state index in [0.29, 0.717) is 35.6 Å². The van der Waals surface area contributed by atoms with Crippen LogP contribution < -0.4 is 11.1 Å². The fourth-order valence-electron chi connectivity index (χ4n) is 2.89. The average molecular weight is 381 g/mol. The normalized spacial score (nSPS) is 18.3. The van der Waals surface area contributed by atoms with Gasteiger partial charge in [-0.25, -0.2) is 0 Å². The second kappa shape index (κ2) is 10.4. The largest absolute Gasteiger partial charge is 0.354 e. The van der Waals surface area contributed by atoms with Crippen LogP contribution in [0, 0.1) is 0 Å². The molecule has 1 aromatic carbocycles. The molecule has 4 nitrogen and oxygen atoms in total. The molecule has 1 aliphatic rings. The van der Waals surface area contributed by atoms with Crippen LogP contribution in [0.25, 0.3) is 0 Å². The van der Waals surface area contributed by atoms with Crippen LogP contribution in [0.15, 0.2) is 18.2 Å². The van der Waals surface area contributed by atoms with Crippen LogP contribution in [0.3, 0.4) is 0 Å². The number of benzene rings is 1. The summed E-state index contributed by atoms with van der Waals surface area (Å²) in [4.78, 5) is 14.0. The van der Waals surface area contributed by atoms with E-state index in [4.69, 9.17) is 28.9 Å². The minimum atomic E-state index is 0. The summed E-state index contributed by atoms with van der Waals surface area (Å²) < 4.78 is 0. The smallest absolute Gasteiger partial charge is 0.221 e. The molecule has 0 saturated carbocycles. The molecule has 1 fully saturated rings. The van der Waals surface area contributed by atoms with Crippen LogP contribution in [-0.4, -0.2) is 36.5 Å². The van der Waals surface area contributed by atoms with Crippen molar-refractivity contribution in [3.05, 3.63) is 33.8 Å². The van der Waals surface area contributed by atoms with Gasteiger partial charge in [-0.3, -0.25) is 9.69 Å². The summed E-state index contributed by atoms with van der Waals surface area (Å²) in [7, 11) is 0. The van der Waals surface area contributed by atoms with Crippen LogP contribution in [-0.2, 0) is 11.3 Å². The number of hydrogen-bond donors (Lipinski definition) is 2. The Morgan fingerprint density at radius 1 is 1.26 bits per heavy atom. The van der Waals surface area contributed by atoms with Crippen molar-refractivity contribution in [1.82, 2.24) is 10.2 Å². The minimum Gasteiger partial charge on any atom is -0.354 e. The average Bonchev–Trinajstić information content (AvgIpc) is 2.45. The highest BCUT2D eigenvalue weighted by molar-refractivity contribution is 6.34. The molecule has 0 aliphatic carbocycles. The maximum absolute atomic E-state index is 11.6. The number of nitrogens with zero attached hydrogens (tertiary/aromatic N) is 1. The van der Waals surface area contributed by atoms with E-state index in [-0.39, 0.29) is 18.3 Å². The molecule has 2 rings (SSSR count). The van der Waals surface area contributed by atoms with Crippen molar-refractivity contribution in [3.8, 4) is 0 Å². The lowest BCUT2D eigenvalue weighted by molar-refractivity contribution is -0.121. The summed E-state index contributed by atoms with van der Waals surface area (Å²) >= 11 is 12.1. The SMILES string of the molecule is Cl.NCCC(=O)NCC1CCCCN1Cc1cc(Cl)cc(Cl)c1. The molecular weight excluding hydrogens is 357 g/mol. The molecule has 130 valence electrons. The van der Waals surface area contributed by atoms with E-state index in [1.54, 1.807) is 6.07 Å². The first-order valence-corrected chi connectivity index (χ1v) is 8.50. The van der Waals surface area contributed by atoms with Crippen molar-refractivity contribution in [2.24, 2.45) is 5.73 Å². The van der Waals surface area contributed by atoms with Gasteiger partial charge in [0, 0.05) is 42.1 Å². The zero-order valence-electron chi connectivity index (χ0n) is 13.1. The zero-order valence-corrected chi connectivity index (χ0v) is 15.4. The molecule has 1 heterocycles. The van der Waals surface area contributed by atoms with E-state index >= 15 is 0 Å². The predicted octanol–water partition coefficient (Wildman–Crippen LogP) is 3.23. The monoisotopic (exact) mass is 379 g/mol. The molecule has 3 N–H and O–H groups in total. The van der Waals surface area contributed by atoms with E-state index < -0.39 is 0 Å². The van der Waals surface area contributed by atoms with Crippen LogP contribution >= 0.6 is 35.6 Å². The van der Waals surface area contributed by atoms with Gasteiger partial charge in [0.15, 0.2) is 0 Å². The Hall–Kier alpha value is -0.520. The highest BCUT2D eigenvalue weighted by Gasteiger charge is 2.23. The van der Waals surface area contributed by atoms with Crippen molar-refractivity contribution < 1.29 is 4.79 Å². The number of nitrogens with two attached hydrogens (primary N) is 1. The molecule has 0 spiro atoms. The fraction of sp³-hybridized carbons (Fsp3) is 0.562. The van der Waals surface area contributed by atoms with Crippen molar-refractivity contribution in [3.63, 3.8) is 0 Å². The van der Waals surface area contributed by atoms with Gasteiger partial charge in [0.2, 0.25) is 5.91 Å². The van der Waals surface area contributed by atoms with Gasteiger partial charge in [-0.1, -0.05) is 29.6 Å². The second-order valence-corrected chi connectivity index (χ2v) is 6.61. The Bertz CT molecular complexity index is 493. The third kappa shape index (κ3) is 6.86. The first kappa shape index (κ1) is 20.5. The number of nitrogens with one attached hydrogen (secondary N) is 1. The van der Waals surface area contributed by atoms with Crippen molar-refractivity contribution in [1.29, 1.82) is 0 Å². The third-order valence-corrected chi connectivity index (χ3v) is 4.40. The van der Waals surface area contributed by atoms with Gasteiger partial charge in [-0.2, -0.15) is 0 Å². The van der Waals surface area contributed by atoms with Crippen molar-refractivity contribution >= 4 is 41.5 Å². The Morgan fingerprint density at radius 2 is 1.96 bits per heavy atom. The van der Waals surface area contributed by atoms with E-state index in [1.807, 2.05) is 12.1 Å². The number of carbonyl (C=O) groups excluding carboxylic acids is 1. The molecule has 1 amide bonds. The maximum Gasteiger partial charge on any atom is 0.221 e. The Balaban J connectivity index is 0.00000264. The standard InChI is InChI=1S/C16H23Cl2N3O.ClH/c17-13-7-12(8-14(18)9-13)11-21-6-2-1-3-15(21)10-20-16(22)4-5-19;/h7-9,15H,1-6,10-11,19H2,(H,20,22);1H. The van der Waals surface area contributed by atoms with E-state index in [9.17, 15) is 4.79 Å². The number of amides is 1. The molecule has 7 heteroatoms. The molecule has 1 saturated heterocycles. The lowest BCUT2D eigenvalue weighted by Crippen LogP contribution is -2.46. The molecule has 0 aromatic heterocycles. The highest BCUT2D eigenvalue weighted by atomic mass is 35.5. The molecule has 23 heavy (non-hydrogen) atoms. The van der Waals surface area contributed by atoms with E-state index in [1.165, 1.54) is 12.8 Å². The zero-order chi connectivity index (χ0) is 15.9. The first-order valence-electron chi connectivity index (χ1n) is 7.74. The summed E-state index contributed by atoms with van der Waals surface area (Å²) in [5.74, 6) is 0.0267. The number of halogens is 3. The van der Waals surface area contributed by atoms with Gasteiger partial charge in [0.05, 0.1) is 0 Å². The predicted molar refractivity (Wildman–Crippen MR) is 98.4 cm³/mol. The van der Waals surface area contributed by atoms with Crippen LogP contribution in [0.5, 0.6) is 0 Å². The highest BCUT2D eigenvalue weighted by Crippen LogP contribution is 2.23. The number of likely N-dealkylation sites (tertiary alicyclic amines) is 1. The summed E-state index contributed by atoms with van der Waals surface area (Å²) in [6.07, 6.45) is 3.86. The minimum absolute atomic E-state index is 0. The van der Waals surface area contributed by atoms with Crippen molar-refractivity contribution in [2.75, 3.05) is 19.6 Å². The Morgan fingerprint density at radius 3 is 2.61 bits per heavy atom. The van der Waals surface area contributed by atoms with Gasteiger partial charge < -0.3 is 11.1 Å². The van der Waals surface area contributed by atoms with Crippen LogP contribution in [0.2, 0.25) is 10.0 Å². The third-order valence-electron chi connectivity index (χ3n) is 3.96. The Kier molecular flexibility index (Phi) is 9.25. The quantitative estimate of drug-likeness (QED) is 0.796. The van der Waals surface area contributed by atoms with Gasteiger partial charge in [0.25, 0.3) is 0 Å². The number of hydrogen-bond acceptors (Lipinski definition) is 3. The second-order valence-electron chi connectivity index (χ2n) is 5.74. The summed E-state index contributed by atoms with van der Waals surface area (Å²) in [6.45, 7) is 2.90. The van der Waals surface area contributed by atoms with Crippen LogP contribution in [0.4, 0.5) is 0 Å². The molecule has 1 aromatic rings. The number of rotatable bonds is 6. The molecule has 1 unspecified atom stereocenters. The van der Waals surface area contributed by atoms with Crippen molar-refractivity contribution in [2.45, 2.75) is 38.3 Å². The van der Waals surface area contributed by atoms with Crippen LogP contribution in [0.1, 0.15) is 31.2 Å². The van der Waals surface area contributed by atoms with Gasteiger partial charge in [-0.05, 0) is 43.1 Å². The first-order chi connectivity index (χ1) is 10.6. The molecule has 1 aliphatic heterocycles. The molecule has 1 atom stereocenters. The lowest BCUT2D eigenvalue weighted by Gasteiger charge is -2.36. The fourth-order valence-corrected chi connectivity index (χ4v) is 3.46. The lowest BCUT2D eigenvalue weighted by atomic mass is 10.0. The topological polar surface area (TPSA) is 58.4 Å². The van der Waals surface area contributed by atoms with Gasteiger partial charge in [-0.15, -0.1) is 12.4 Å². The Labute approximate surface area is 154 Å². The molecule has 0 bridgehead atoms. The van der Waals surface area contributed by atoms with E-state index in [2.05, 4.69) is 10.2 Å². The van der Waals surface area contributed by atoms with E-state index in [0.717, 1.165) is 25.1 Å². The van der Waals surface area contributed by atoms with Gasteiger partial charge in [0.1, 0.15) is 0 Å². The summed E-state index contributed by atoms with van der Waals surface area (Å²) in [6, 6.07) is 6.00. The number of piperidine rings is 1. The van der Waals surface area contributed by atoms with Gasteiger partial charge >= 0.3 is 0 Å². The number of carbonyl (C=O) groups is 1. The maximum atomic E-state index is 11.6. The molecular formula is C16H24Cl3N3O. The summed E-state index contributed by atoms with van der Waals surface area (Å²) in [5.41, 5.74) is 6.51.